The van der Waals surface area contributed by atoms with E-state index in [1.165, 1.54) is 32.1 Å². The fourth-order valence-corrected chi connectivity index (χ4v) is 2.89. The van der Waals surface area contributed by atoms with Gasteiger partial charge in [-0.1, -0.05) is 46.0 Å². The van der Waals surface area contributed by atoms with Crippen molar-refractivity contribution in [3.05, 3.63) is 0 Å². The average Bonchev–Trinajstić information content (AvgIpc) is 2.43. The Bertz CT molecular complexity index is 324. The number of alkyl carbamates (subject to hydrolysis) is 1. The molecule has 1 amide bonds. The predicted octanol–water partition coefficient (Wildman–Crippen LogP) is 3.57. The molecule has 0 spiro atoms. The Morgan fingerprint density at radius 3 is 2.48 bits per heavy atom. The molecule has 0 bridgehead atoms. The fraction of sp³-hybridized carbons (Fsp3) is 0.875. The van der Waals surface area contributed by atoms with Crippen LogP contribution in [0.1, 0.15) is 65.2 Å². The molecule has 122 valence electrons. The van der Waals surface area contributed by atoms with Crippen molar-refractivity contribution in [2.24, 2.45) is 11.8 Å². The summed E-state index contributed by atoms with van der Waals surface area (Å²) in [7, 11) is 0. The number of ether oxygens (including phenoxy) is 1. The number of carbonyl (C=O) groups excluding carboxylic acids is 1. The summed E-state index contributed by atoms with van der Waals surface area (Å²) < 4.78 is 5.08. The van der Waals surface area contributed by atoms with Crippen molar-refractivity contribution in [2.45, 2.75) is 71.3 Å². The first-order valence-electron chi connectivity index (χ1n) is 8.15. The van der Waals surface area contributed by atoms with Crippen molar-refractivity contribution in [2.75, 3.05) is 6.61 Å². The van der Waals surface area contributed by atoms with E-state index in [4.69, 9.17) is 9.84 Å². The lowest BCUT2D eigenvalue weighted by atomic mass is 9.86. The van der Waals surface area contributed by atoms with Crippen LogP contribution in [0, 0.1) is 11.8 Å². The first kappa shape index (κ1) is 17.8. The third kappa shape index (κ3) is 7.93. The second-order valence-electron chi connectivity index (χ2n) is 6.45. The molecule has 0 unspecified atom stereocenters. The standard InChI is InChI=1S/C16H29NO4/c1-12(2)11-14(15(18)19)17-16(20)21-10-6-9-13-7-4-3-5-8-13/h12-14H,3-11H2,1-2H3,(H,17,20)(H,18,19)/t14-/m0/s1. The molecule has 2 N–H and O–H groups in total. The molecular formula is C16H29NO4. The molecule has 0 aliphatic heterocycles. The maximum atomic E-state index is 11.6. The van der Waals surface area contributed by atoms with Gasteiger partial charge in [0.25, 0.3) is 0 Å². The smallest absolute Gasteiger partial charge is 0.407 e. The minimum atomic E-state index is -1.01. The SMILES string of the molecule is CC(C)C[C@H](NC(=O)OCCCC1CCCCC1)C(=O)O. The van der Waals surface area contributed by atoms with Crippen molar-refractivity contribution in [1.29, 1.82) is 0 Å². The number of carbonyl (C=O) groups is 2. The lowest BCUT2D eigenvalue weighted by Gasteiger charge is -2.21. The summed E-state index contributed by atoms with van der Waals surface area (Å²) in [6.45, 7) is 4.22. The number of carboxylic acids is 1. The minimum absolute atomic E-state index is 0.206. The molecule has 0 aromatic carbocycles. The molecular weight excluding hydrogens is 270 g/mol. The van der Waals surface area contributed by atoms with E-state index in [-0.39, 0.29) is 5.92 Å². The fourth-order valence-electron chi connectivity index (χ4n) is 2.89. The van der Waals surface area contributed by atoms with Crippen LogP contribution in [0.3, 0.4) is 0 Å². The number of amides is 1. The van der Waals surface area contributed by atoms with E-state index in [0.717, 1.165) is 18.8 Å². The highest BCUT2D eigenvalue weighted by Crippen LogP contribution is 2.27. The summed E-state index contributed by atoms with van der Waals surface area (Å²) in [5.41, 5.74) is 0. The number of hydrogen-bond donors (Lipinski definition) is 2. The van der Waals surface area contributed by atoms with Gasteiger partial charge < -0.3 is 15.2 Å². The van der Waals surface area contributed by atoms with Gasteiger partial charge in [-0.2, -0.15) is 0 Å². The molecule has 1 atom stereocenters. The van der Waals surface area contributed by atoms with E-state index in [1.54, 1.807) is 0 Å². The number of nitrogens with one attached hydrogen (secondary N) is 1. The van der Waals surface area contributed by atoms with Crippen LogP contribution >= 0.6 is 0 Å². The summed E-state index contributed by atoms with van der Waals surface area (Å²) in [4.78, 5) is 22.6. The Morgan fingerprint density at radius 2 is 1.90 bits per heavy atom. The monoisotopic (exact) mass is 299 g/mol. The first-order chi connectivity index (χ1) is 9.99. The van der Waals surface area contributed by atoms with Crippen LogP contribution in [0.25, 0.3) is 0 Å². The van der Waals surface area contributed by atoms with Crippen molar-refractivity contribution < 1.29 is 19.4 Å². The van der Waals surface area contributed by atoms with Crippen molar-refractivity contribution in [1.82, 2.24) is 5.32 Å². The number of rotatable bonds is 8. The Labute approximate surface area is 127 Å². The minimum Gasteiger partial charge on any atom is -0.480 e. The molecule has 1 aliphatic rings. The summed E-state index contributed by atoms with van der Waals surface area (Å²) in [5.74, 6) is -0.0290. The topological polar surface area (TPSA) is 75.6 Å². The van der Waals surface area contributed by atoms with Crippen molar-refractivity contribution in [3.63, 3.8) is 0 Å². The van der Waals surface area contributed by atoms with E-state index in [0.29, 0.717) is 13.0 Å². The molecule has 0 heterocycles. The molecule has 21 heavy (non-hydrogen) atoms. The van der Waals surface area contributed by atoms with Crippen LogP contribution in [-0.4, -0.2) is 29.8 Å². The van der Waals surface area contributed by atoms with Crippen LogP contribution in [-0.2, 0) is 9.53 Å². The van der Waals surface area contributed by atoms with E-state index in [2.05, 4.69) is 5.32 Å². The van der Waals surface area contributed by atoms with E-state index < -0.39 is 18.1 Å². The Hall–Kier alpha value is -1.26. The Kier molecular flexibility index (Phi) is 8.16. The molecule has 0 radical (unpaired) electrons. The average molecular weight is 299 g/mol. The normalized spacial score (nSPS) is 17.5. The van der Waals surface area contributed by atoms with Crippen LogP contribution in [0.15, 0.2) is 0 Å². The molecule has 1 rings (SSSR count). The van der Waals surface area contributed by atoms with Gasteiger partial charge in [-0.15, -0.1) is 0 Å². The molecule has 1 aliphatic carbocycles. The van der Waals surface area contributed by atoms with Gasteiger partial charge in [-0.25, -0.2) is 9.59 Å². The van der Waals surface area contributed by atoms with E-state index in [1.807, 2.05) is 13.8 Å². The highest BCUT2D eigenvalue weighted by molar-refractivity contribution is 5.79. The number of aliphatic carboxylic acids is 1. The zero-order chi connectivity index (χ0) is 15.7. The zero-order valence-electron chi connectivity index (χ0n) is 13.3. The third-order valence-electron chi connectivity index (χ3n) is 4.01. The van der Waals surface area contributed by atoms with Gasteiger partial charge in [0.2, 0.25) is 0 Å². The highest BCUT2D eigenvalue weighted by atomic mass is 16.5. The second-order valence-corrected chi connectivity index (χ2v) is 6.45. The predicted molar refractivity (Wildman–Crippen MR) is 81.2 cm³/mol. The van der Waals surface area contributed by atoms with Gasteiger partial charge in [0.1, 0.15) is 6.04 Å². The lowest BCUT2D eigenvalue weighted by Crippen LogP contribution is -2.42. The van der Waals surface area contributed by atoms with Crippen LogP contribution in [0.5, 0.6) is 0 Å². The number of carboxylic acid groups (broad SMARTS) is 1. The van der Waals surface area contributed by atoms with Gasteiger partial charge in [0, 0.05) is 0 Å². The summed E-state index contributed by atoms with van der Waals surface area (Å²) >= 11 is 0. The maximum absolute atomic E-state index is 11.6. The summed E-state index contributed by atoms with van der Waals surface area (Å²) in [5, 5.41) is 11.5. The van der Waals surface area contributed by atoms with Crippen LogP contribution in [0.2, 0.25) is 0 Å². The van der Waals surface area contributed by atoms with Crippen molar-refractivity contribution in [3.8, 4) is 0 Å². The van der Waals surface area contributed by atoms with Crippen LogP contribution < -0.4 is 5.32 Å². The quantitative estimate of drug-likeness (QED) is 0.672. The highest BCUT2D eigenvalue weighted by Gasteiger charge is 2.21. The molecule has 1 fully saturated rings. The van der Waals surface area contributed by atoms with E-state index in [9.17, 15) is 9.59 Å². The van der Waals surface area contributed by atoms with Gasteiger partial charge >= 0.3 is 12.1 Å². The molecule has 1 saturated carbocycles. The van der Waals surface area contributed by atoms with Gasteiger partial charge in [-0.3, -0.25) is 0 Å². The van der Waals surface area contributed by atoms with Crippen molar-refractivity contribution >= 4 is 12.1 Å². The van der Waals surface area contributed by atoms with Gasteiger partial charge in [0.15, 0.2) is 0 Å². The Balaban J connectivity index is 2.15. The third-order valence-corrected chi connectivity index (χ3v) is 4.01. The maximum Gasteiger partial charge on any atom is 0.407 e. The first-order valence-corrected chi connectivity index (χ1v) is 8.15. The molecule has 0 aromatic rings. The molecule has 5 nitrogen and oxygen atoms in total. The van der Waals surface area contributed by atoms with Crippen LogP contribution in [0.4, 0.5) is 4.79 Å². The summed E-state index contributed by atoms with van der Waals surface area (Å²) in [6, 6.07) is -0.865. The molecule has 0 saturated heterocycles. The van der Waals surface area contributed by atoms with Gasteiger partial charge in [-0.05, 0) is 31.1 Å². The largest absolute Gasteiger partial charge is 0.480 e. The number of hydrogen-bond acceptors (Lipinski definition) is 3. The van der Waals surface area contributed by atoms with Gasteiger partial charge in [0.05, 0.1) is 6.61 Å². The molecule has 5 heteroatoms. The van der Waals surface area contributed by atoms with E-state index >= 15 is 0 Å². The zero-order valence-corrected chi connectivity index (χ0v) is 13.3. The Morgan fingerprint density at radius 1 is 1.24 bits per heavy atom. The second kappa shape index (κ2) is 9.64. The summed E-state index contributed by atoms with van der Waals surface area (Å²) in [6.07, 6.45) is 8.33. The molecule has 0 aromatic heterocycles. The lowest BCUT2D eigenvalue weighted by molar-refractivity contribution is -0.139.